The smallest absolute Gasteiger partial charge is 0.411 e. The number of methoxy groups -OCH3 is 1. The molecule has 21 heavy (non-hydrogen) atoms. The summed E-state index contributed by atoms with van der Waals surface area (Å²) in [5.74, 6) is -0.605. The number of anilines is 1. The highest BCUT2D eigenvalue weighted by molar-refractivity contribution is 6.07. The third-order valence-electron chi connectivity index (χ3n) is 2.91. The molecule has 0 heterocycles. The van der Waals surface area contributed by atoms with Crippen LogP contribution in [0.5, 0.6) is 0 Å². The second-order valence-corrected chi connectivity index (χ2v) is 4.18. The Morgan fingerprint density at radius 2 is 2.05 bits per heavy atom. The van der Waals surface area contributed by atoms with Crippen LogP contribution in [0.1, 0.15) is 35.3 Å². The minimum Gasteiger partial charge on any atom is -0.465 e. The summed E-state index contributed by atoms with van der Waals surface area (Å²) in [6.45, 7) is 5.16. The average Bonchev–Trinajstić information content (AvgIpc) is 2.46. The van der Waals surface area contributed by atoms with Crippen molar-refractivity contribution < 1.29 is 24.3 Å². The second-order valence-electron chi connectivity index (χ2n) is 4.18. The number of carbonyl (C=O) groups excluding carboxylic acids is 2. The van der Waals surface area contributed by atoms with E-state index in [9.17, 15) is 9.59 Å². The Kier molecular flexibility index (Phi) is 5.71. The minimum absolute atomic E-state index is 0.186. The topological polar surface area (TPSA) is 97.2 Å². The first kappa shape index (κ1) is 16.5. The van der Waals surface area contributed by atoms with Gasteiger partial charge >= 0.3 is 12.1 Å². The van der Waals surface area contributed by atoms with Crippen LogP contribution in [0.4, 0.5) is 10.5 Å². The summed E-state index contributed by atoms with van der Waals surface area (Å²) in [5, 5.41) is 14.5. The molecule has 0 saturated heterocycles. The van der Waals surface area contributed by atoms with E-state index in [4.69, 9.17) is 14.7 Å². The van der Waals surface area contributed by atoms with Crippen molar-refractivity contribution in [2.75, 3.05) is 19.0 Å². The van der Waals surface area contributed by atoms with Gasteiger partial charge in [-0.15, -0.1) is 0 Å². The zero-order valence-corrected chi connectivity index (χ0v) is 12.4. The van der Waals surface area contributed by atoms with E-state index in [1.807, 2.05) is 0 Å². The highest BCUT2D eigenvalue weighted by Gasteiger charge is 2.20. The quantitative estimate of drug-likeness (QED) is 0.385. The van der Waals surface area contributed by atoms with Crippen LogP contribution in [0.25, 0.3) is 0 Å². The maximum atomic E-state index is 11.9. The van der Waals surface area contributed by atoms with Gasteiger partial charge in [-0.2, -0.15) is 0 Å². The molecule has 7 nitrogen and oxygen atoms in total. The maximum Gasteiger partial charge on any atom is 0.411 e. The first-order chi connectivity index (χ1) is 9.96. The molecule has 1 aromatic carbocycles. The van der Waals surface area contributed by atoms with Gasteiger partial charge in [0, 0.05) is 5.56 Å². The van der Waals surface area contributed by atoms with Crippen molar-refractivity contribution in [3.8, 4) is 0 Å². The molecule has 0 saturated carbocycles. The number of amides is 1. The maximum absolute atomic E-state index is 11.9. The number of rotatable bonds is 4. The number of oxime groups is 1. The van der Waals surface area contributed by atoms with Gasteiger partial charge in [-0.1, -0.05) is 11.2 Å². The van der Waals surface area contributed by atoms with Crippen LogP contribution in [0, 0.1) is 6.92 Å². The number of hydrogen-bond acceptors (Lipinski definition) is 6. The van der Waals surface area contributed by atoms with Crippen molar-refractivity contribution in [2.24, 2.45) is 5.16 Å². The monoisotopic (exact) mass is 294 g/mol. The summed E-state index contributed by atoms with van der Waals surface area (Å²) >= 11 is 0. The molecule has 0 aliphatic heterocycles. The Bertz CT molecular complexity index is 581. The molecule has 114 valence electrons. The highest BCUT2D eigenvalue weighted by Crippen LogP contribution is 2.25. The lowest BCUT2D eigenvalue weighted by Gasteiger charge is -2.15. The van der Waals surface area contributed by atoms with Crippen LogP contribution in [-0.2, 0) is 9.47 Å². The molecule has 0 aromatic heterocycles. The number of esters is 1. The highest BCUT2D eigenvalue weighted by atomic mass is 16.5. The van der Waals surface area contributed by atoms with Crippen LogP contribution >= 0.6 is 0 Å². The van der Waals surface area contributed by atoms with E-state index >= 15 is 0 Å². The molecule has 1 rings (SSSR count). The van der Waals surface area contributed by atoms with Gasteiger partial charge in [0.05, 0.1) is 30.7 Å². The van der Waals surface area contributed by atoms with Gasteiger partial charge in [0.25, 0.3) is 0 Å². The second kappa shape index (κ2) is 7.28. The van der Waals surface area contributed by atoms with Crippen molar-refractivity contribution in [2.45, 2.75) is 20.8 Å². The molecule has 0 aliphatic carbocycles. The predicted molar refractivity (Wildman–Crippen MR) is 77.2 cm³/mol. The molecule has 2 N–H and O–H groups in total. The zero-order chi connectivity index (χ0) is 16.0. The van der Waals surface area contributed by atoms with Crippen LogP contribution < -0.4 is 5.32 Å². The van der Waals surface area contributed by atoms with Crippen LogP contribution in [0.15, 0.2) is 17.3 Å². The summed E-state index contributed by atoms with van der Waals surface area (Å²) in [5.41, 5.74) is 1.91. The van der Waals surface area contributed by atoms with Gasteiger partial charge in [-0.3, -0.25) is 5.32 Å². The SMILES string of the molecule is CCOC(=O)Nc1ccc(C(C)=NO)c(C)c1C(=O)OC. The van der Waals surface area contributed by atoms with Crippen LogP contribution in [-0.4, -0.2) is 36.7 Å². The molecule has 7 heteroatoms. The summed E-state index contributed by atoms with van der Waals surface area (Å²) in [4.78, 5) is 23.5. The number of ether oxygens (including phenoxy) is 2. The summed E-state index contributed by atoms with van der Waals surface area (Å²) in [6.07, 6.45) is -0.664. The largest absolute Gasteiger partial charge is 0.465 e. The number of nitrogens with zero attached hydrogens (tertiary/aromatic N) is 1. The lowest BCUT2D eigenvalue weighted by molar-refractivity contribution is 0.0601. The number of carbonyl (C=O) groups is 2. The molecular formula is C14H18N2O5. The lowest BCUT2D eigenvalue weighted by atomic mass is 9.97. The Morgan fingerprint density at radius 1 is 1.38 bits per heavy atom. The van der Waals surface area contributed by atoms with E-state index in [1.165, 1.54) is 13.2 Å². The molecule has 0 atom stereocenters. The predicted octanol–water partition coefficient (Wildman–Crippen LogP) is 2.55. The molecule has 0 spiro atoms. The van der Waals surface area contributed by atoms with Crippen molar-refractivity contribution in [1.82, 2.24) is 0 Å². The molecule has 0 fully saturated rings. The van der Waals surface area contributed by atoms with Gasteiger partial charge in [-0.25, -0.2) is 9.59 Å². The summed E-state index contributed by atoms with van der Waals surface area (Å²) in [7, 11) is 1.25. The first-order valence-electron chi connectivity index (χ1n) is 6.30. The molecule has 0 radical (unpaired) electrons. The fourth-order valence-corrected chi connectivity index (χ4v) is 1.90. The van der Waals surface area contributed by atoms with Crippen molar-refractivity contribution in [3.63, 3.8) is 0 Å². The van der Waals surface area contributed by atoms with E-state index in [0.29, 0.717) is 16.8 Å². The zero-order valence-electron chi connectivity index (χ0n) is 12.4. The lowest BCUT2D eigenvalue weighted by Crippen LogP contribution is -2.18. The third-order valence-corrected chi connectivity index (χ3v) is 2.91. The van der Waals surface area contributed by atoms with Crippen molar-refractivity contribution in [3.05, 3.63) is 28.8 Å². The van der Waals surface area contributed by atoms with E-state index in [0.717, 1.165) is 0 Å². The molecule has 1 aromatic rings. The number of nitrogens with one attached hydrogen (secondary N) is 1. The molecule has 0 bridgehead atoms. The number of hydrogen-bond donors (Lipinski definition) is 2. The Labute approximate surface area is 122 Å². The van der Waals surface area contributed by atoms with Crippen LogP contribution in [0.2, 0.25) is 0 Å². The Hall–Kier alpha value is -2.57. The van der Waals surface area contributed by atoms with Gasteiger partial charge in [0.2, 0.25) is 0 Å². The summed E-state index contributed by atoms with van der Waals surface area (Å²) in [6, 6.07) is 3.17. The van der Waals surface area contributed by atoms with Gasteiger partial charge in [-0.05, 0) is 32.4 Å². The minimum atomic E-state index is -0.664. The Morgan fingerprint density at radius 3 is 2.57 bits per heavy atom. The van der Waals surface area contributed by atoms with Crippen LogP contribution in [0.3, 0.4) is 0 Å². The normalized spacial score (nSPS) is 11.0. The molecular weight excluding hydrogens is 276 g/mol. The van der Waals surface area contributed by atoms with Crippen molar-refractivity contribution >= 4 is 23.5 Å². The first-order valence-corrected chi connectivity index (χ1v) is 6.30. The average molecular weight is 294 g/mol. The molecule has 1 amide bonds. The van der Waals surface area contributed by atoms with E-state index in [-0.39, 0.29) is 17.9 Å². The Balaban J connectivity index is 3.35. The molecule has 0 aliphatic rings. The van der Waals surface area contributed by atoms with Gasteiger partial charge < -0.3 is 14.7 Å². The summed E-state index contributed by atoms with van der Waals surface area (Å²) < 4.78 is 9.52. The van der Waals surface area contributed by atoms with E-state index in [1.54, 1.807) is 26.8 Å². The molecule has 0 unspecified atom stereocenters. The fourth-order valence-electron chi connectivity index (χ4n) is 1.90. The van der Waals surface area contributed by atoms with E-state index in [2.05, 4.69) is 10.5 Å². The fraction of sp³-hybridized carbons (Fsp3) is 0.357. The van der Waals surface area contributed by atoms with Gasteiger partial charge in [0.15, 0.2) is 0 Å². The van der Waals surface area contributed by atoms with Gasteiger partial charge in [0.1, 0.15) is 0 Å². The standard InChI is InChI=1S/C14H18N2O5/c1-5-21-14(18)15-11-7-6-10(9(3)16-19)8(2)12(11)13(17)20-4/h6-7,19H,5H2,1-4H3,(H,15,18). The van der Waals surface area contributed by atoms with E-state index < -0.39 is 12.1 Å². The number of benzene rings is 1. The van der Waals surface area contributed by atoms with Crippen molar-refractivity contribution in [1.29, 1.82) is 0 Å². The third kappa shape index (κ3) is 3.71.